The number of rotatable bonds is 5. The van der Waals surface area contributed by atoms with E-state index in [4.69, 9.17) is 0 Å². The minimum Gasteiger partial charge on any atom is -0.303 e. The van der Waals surface area contributed by atoms with E-state index in [2.05, 4.69) is 59.5 Å². The first-order chi connectivity index (χ1) is 10.4. The van der Waals surface area contributed by atoms with E-state index in [1.165, 1.54) is 68.4 Å². The monoisotopic (exact) mass is 279 g/mol. The van der Waals surface area contributed by atoms with Crippen LogP contribution >= 0.6 is 0 Å². The summed E-state index contributed by atoms with van der Waals surface area (Å²) in [7, 11) is 0. The topological polar surface area (TPSA) is 3.24 Å². The number of benzene rings is 2. The van der Waals surface area contributed by atoms with Crippen LogP contribution in [-0.4, -0.2) is 24.5 Å². The number of hydrogen-bond donors (Lipinski definition) is 0. The summed E-state index contributed by atoms with van der Waals surface area (Å²) in [6.07, 6.45) is 6.70. The van der Waals surface area contributed by atoms with Crippen LogP contribution in [0.2, 0.25) is 0 Å². The van der Waals surface area contributed by atoms with Crippen molar-refractivity contribution in [1.82, 2.24) is 4.90 Å². The molecule has 110 valence electrons. The first-order valence-electron chi connectivity index (χ1n) is 8.28. The standard InChI is InChI=1S/C20H25N/c1-3-9-19(10-4-1)20-13-11-18(12-14-20)8-7-17-21-15-5-2-6-16-21/h1,3-4,9-14H,2,5-8,15-17H2. The van der Waals surface area contributed by atoms with Crippen LogP contribution in [0, 0.1) is 0 Å². The Morgan fingerprint density at radius 3 is 2.10 bits per heavy atom. The molecule has 2 aromatic carbocycles. The van der Waals surface area contributed by atoms with Crippen molar-refractivity contribution in [2.75, 3.05) is 19.6 Å². The molecule has 1 aliphatic rings. The van der Waals surface area contributed by atoms with Crippen LogP contribution in [0.5, 0.6) is 0 Å². The van der Waals surface area contributed by atoms with Gasteiger partial charge in [-0.3, -0.25) is 0 Å². The fourth-order valence-electron chi connectivity index (χ4n) is 3.18. The smallest absolute Gasteiger partial charge is 0.00156 e. The van der Waals surface area contributed by atoms with Crippen LogP contribution in [0.25, 0.3) is 11.1 Å². The molecule has 21 heavy (non-hydrogen) atoms. The van der Waals surface area contributed by atoms with Gasteiger partial charge in [0.05, 0.1) is 0 Å². The van der Waals surface area contributed by atoms with E-state index in [9.17, 15) is 0 Å². The van der Waals surface area contributed by atoms with Gasteiger partial charge in [-0.15, -0.1) is 0 Å². The SMILES string of the molecule is c1ccc(-c2ccc(CCCN3CCCCC3)cc2)cc1. The zero-order chi connectivity index (χ0) is 14.3. The normalized spacial score (nSPS) is 16.0. The molecule has 0 saturated carbocycles. The number of aryl methyl sites for hydroxylation is 1. The highest BCUT2D eigenvalue weighted by atomic mass is 15.1. The Balaban J connectivity index is 1.50. The quantitative estimate of drug-likeness (QED) is 0.762. The second-order valence-corrected chi connectivity index (χ2v) is 6.07. The molecule has 0 radical (unpaired) electrons. The van der Waals surface area contributed by atoms with Crippen LogP contribution < -0.4 is 0 Å². The third-order valence-electron chi connectivity index (χ3n) is 4.45. The van der Waals surface area contributed by atoms with Gasteiger partial charge >= 0.3 is 0 Å². The maximum atomic E-state index is 2.63. The largest absolute Gasteiger partial charge is 0.303 e. The first-order valence-corrected chi connectivity index (χ1v) is 8.28. The van der Waals surface area contributed by atoms with Gasteiger partial charge in [-0.1, -0.05) is 61.0 Å². The van der Waals surface area contributed by atoms with Crippen molar-refractivity contribution in [2.24, 2.45) is 0 Å². The molecule has 1 nitrogen and oxygen atoms in total. The predicted molar refractivity (Wildman–Crippen MR) is 90.5 cm³/mol. The summed E-state index contributed by atoms with van der Waals surface area (Å²) in [4.78, 5) is 2.63. The van der Waals surface area contributed by atoms with Crippen LogP contribution in [0.1, 0.15) is 31.2 Å². The average molecular weight is 279 g/mol. The molecule has 1 heterocycles. The van der Waals surface area contributed by atoms with Crippen molar-refractivity contribution in [3.63, 3.8) is 0 Å². The highest BCUT2D eigenvalue weighted by Gasteiger charge is 2.09. The second-order valence-electron chi connectivity index (χ2n) is 6.07. The Labute approximate surface area is 128 Å². The van der Waals surface area contributed by atoms with E-state index < -0.39 is 0 Å². The zero-order valence-electron chi connectivity index (χ0n) is 12.8. The maximum absolute atomic E-state index is 2.63. The summed E-state index contributed by atoms with van der Waals surface area (Å²) in [5.74, 6) is 0. The molecular formula is C20H25N. The van der Waals surface area contributed by atoms with Gasteiger partial charge in [-0.25, -0.2) is 0 Å². The number of hydrogen-bond acceptors (Lipinski definition) is 1. The molecule has 1 saturated heterocycles. The van der Waals surface area contributed by atoms with Crippen LogP contribution in [0.4, 0.5) is 0 Å². The average Bonchev–Trinajstić information content (AvgIpc) is 2.57. The number of nitrogens with zero attached hydrogens (tertiary/aromatic N) is 1. The lowest BCUT2D eigenvalue weighted by Crippen LogP contribution is -2.30. The Bertz CT molecular complexity index is 524. The van der Waals surface area contributed by atoms with Gasteiger partial charge in [0.25, 0.3) is 0 Å². The van der Waals surface area contributed by atoms with Crippen molar-refractivity contribution in [3.05, 3.63) is 60.2 Å². The van der Waals surface area contributed by atoms with Gasteiger partial charge in [0.15, 0.2) is 0 Å². The van der Waals surface area contributed by atoms with Crippen LogP contribution in [0.3, 0.4) is 0 Å². The zero-order valence-corrected chi connectivity index (χ0v) is 12.8. The van der Waals surface area contributed by atoms with Gasteiger partial charge in [0, 0.05) is 0 Å². The highest BCUT2D eigenvalue weighted by Crippen LogP contribution is 2.19. The Hall–Kier alpha value is -1.60. The van der Waals surface area contributed by atoms with Crippen molar-refractivity contribution < 1.29 is 0 Å². The summed E-state index contributed by atoms with van der Waals surface area (Å²) in [6.45, 7) is 3.89. The molecule has 1 heteroatoms. The Morgan fingerprint density at radius 2 is 1.38 bits per heavy atom. The lowest BCUT2D eigenvalue weighted by atomic mass is 10.0. The van der Waals surface area contributed by atoms with Crippen LogP contribution in [0.15, 0.2) is 54.6 Å². The lowest BCUT2D eigenvalue weighted by molar-refractivity contribution is 0.226. The molecule has 3 rings (SSSR count). The fraction of sp³-hybridized carbons (Fsp3) is 0.400. The molecule has 1 aliphatic heterocycles. The van der Waals surface area contributed by atoms with E-state index in [0.717, 1.165) is 0 Å². The molecule has 0 amide bonds. The summed E-state index contributed by atoms with van der Waals surface area (Å²) in [6, 6.07) is 19.7. The molecule has 0 spiro atoms. The summed E-state index contributed by atoms with van der Waals surface area (Å²) in [5.41, 5.74) is 4.08. The van der Waals surface area contributed by atoms with E-state index in [0.29, 0.717) is 0 Å². The van der Waals surface area contributed by atoms with E-state index in [1.807, 2.05) is 0 Å². The third-order valence-corrected chi connectivity index (χ3v) is 4.45. The molecule has 0 aliphatic carbocycles. The lowest BCUT2D eigenvalue weighted by Gasteiger charge is -2.26. The minimum absolute atomic E-state index is 1.20. The van der Waals surface area contributed by atoms with Gasteiger partial charge in [-0.05, 0) is 62.0 Å². The minimum atomic E-state index is 1.20. The highest BCUT2D eigenvalue weighted by molar-refractivity contribution is 5.63. The summed E-state index contributed by atoms with van der Waals surface area (Å²) >= 11 is 0. The van der Waals surface area contributed by atoms with Gasteiger partial charge in [0.1, 0.15) is 0 Å². The van der Waals surface area contributed by atoms with E-state index >= 15 is 0 Å². The first kappa shape index (κ1) is 14.3. The third kappa shape index (κ3) is 4.18. The predicted octanol–water partition coefficient (Wildman–Crippen LogP) is 4.77. The number of likely N-dealkylation sites (tertiary alicyclic amines) is 1. The molecule has 0 bridgehead atoms. The van der Waals surface area contributed by atoms with Gasteiger partial charge in [0.2, 0.25) is 0 Å². The van der Waals surface area contributed by atoms with Gasteiger partial charge < -0.3 is 4.90 Å². The van der Waals surface area contributed by atoms with E-state index in [-0.39, 0.29) is 0 Å². The van der Waals surface area contributed by atoms with Gasteiger partial charge in [-0.2, -0.15) is 0 Å². The van der Waals surface area contributed by atoms with Crippen molar-refractivity contribution in [2.45, 2.75) is 32.1 Å². The fourth-order valence-corrected chi connectivity index (χ4v) is 3.18. The maximum Gasteiger partial charge on any atom is -0.00156 e. The van der Waals surface area contributed by atoms with Crippen molar-refractivity contribution in [3.8, 4) is 11.1 Å². The second kappa shape index (κ2) is 7.42. The molecule has 1 fully saturated rings. The molecule has 0 unspecified atom stereocenters. The number of piperidine rings is 1. The van der Waals surface area contributed by atoms with Crippen molar-refractivity contribution >= 4 is 0 Å². The molecular weight excluding hydrogens is 254 g/mol. The summed E-state index contributed by atoms with van der Waals surface area (Å²) in [5, 5.41) is 0. The van der Waals surface area contributed by atoms with Crippen molar-refractivity contribution in [1.29, 1.82) is 0 Å². The molecule has 0 aromatic heterocycles. The molecule has 0 N–H and O–H groups in total. The Kier molecular flexibility index (Phi) is 5.07. The Morgan fingerprint density at radius 1 is 0.714 bits per heavy atom. The van der Waals surface area contributed by atoms with Crippen LogP contribution in [-0.2, 0) is 6.42 Å². The molecule has 0 atom stereocenters. The summed E-state index contributed by atoms with van der Waals surface area (Å²) < 4.78 is 0. The van der Waals surface area contributed by atoms with E-state index in [1.54, 1.807) is 0 Å². The molecule has 2 aromatic rings.